The zero-order valence-corrected chi connectivity index (χ0v) is 18.7. The number of halogens is 2. The van der Waals surface area contributed by atoms with Crippen molar-refractivity contribution in [3.05, 3.63) is 63.1 Å². The van der Waals surface area contributed by atoms with Crippen LogP contribution in [0.25, 0.3) is 0 Å². The minimum Gasteiger partial charge on any atom is -0.376 e. The monoisotopic (exact) mass is 447 g/mol. The molecule has 1 fully saturated rings. The minimum atomic E-state index is -0.0114. The van der Waals surface area contributed by atoms with E-state index in [4.69, 9.17) is 27.9 Å². The molecule has 0 saturated carbocycles. The normalized spacial score (nSPS) is 18.0. The van der Waals surface area contributed by atoms with Crippen molar-refractivity contribution in [2.75, 3.05) is 44.2 Å². The van der Waals surface area contributed by atoms with E-state index >= 15 is 0 Å². The highest BCUT2D eigenvalue weighted by atomic mass is 35.5. The van der Waals surface area contributed by atoms with Gasteiger partial charge in [0.25, 0.3) is 5.91 Å². The van der Waals surface area contributed by atoms with Gasteiger partial charge in [0.2, 0.25) is 0 Å². The summed E-state index contributed by atoms with van der Waals surface area (Å²) in [5.74, 6) is -0.0114. The summed E-state index contributed by atoms with van der Waals surface area (Å²) in [5, 5.41) is 4.44. The lowest BCUT2D eigenvalue weighted by Crippen LogP contribution is -2.52. The number of nitrogens with one attached hydrogen (secondary N) is 1. The van der Waals surface area contributed by atoms with Crippen LogP contribution >= 0.6 is 23.2 Å². The molecule has 4 rings (SSSR count). The summed E-state index contributed by atoms with van der Waals surface area (Å²) in [5.41, 5.74) is 4.16. The Kier molecular flexibility index (Phi) is 6.84. The number of fused-ring (bicyclic) bond motifs is 1. The first-order chi connectivity index (χ1) is 14.5. The molecule has 2 heterocycles. The van der Waals surface area contributed by atoms with Gasteiger partial charge in [-0.25, -0.2) is 0 Å². The summed E-state index contributed by atoms with van der Waals surface area (Å²) in [7, 11) is 0. The van der Waals surface area contributed by atoms with Crippen molar-refractivity contribution in [3.63, 3.8) is 0 Å². The van der Waals surface area contributed by atoms with Crippen molar-refractivity contribution in [2.24, 2.45) is 0 Å². The summed E-state index contributed by atoms with van der Waals surface area (Å²) in [4.78, 5) is 17.3. The van der Waals surface area contributed by atoms with E-state index in [0.717, 1.165) is 50.5 Å². The predicted molar refractivity (Wildman–Crippen MR) is 122 cm³/mol. The van der Waals surface area contributed by atoms with E-state index in [1.165, 1.54) is 11.1 Å². The van der Waals surface area contributed by atoms with Crippen LogP contribution in [0.2, 0.25) is 10.0 Å². The summed E-state index contributed by atoms with van der Waals surface area (Å²) in [6, 6.07) is 11.8. The average Bonchev–Trinajstić information content (AvgIpc) is 2.77. The quantitative estimate of drug-likeness (QED) is 0.751. The molecule has 0 radical (unpaired) electrons. The Labute approximate surface area is 187 Å². The molecule has 2 aromatic rings. The highest BCUT2D eigenvalue weighted by Gasteiger charge is 2.23. The number of piperazine rings is 1. The van der Waals surface area contributed by atoms with E-state index in [9.17, 15) is 4.79 Å². The third-order valence-corrected chi connectivity index (χ3v) is 6.53. The molecular weight excluding hydrogens is 421 g/mol. The predicted octanol–water partition coefficient (Wildman–Crippen LogP) is 4.01. The third kappa shape index (κ3) is 4.92. The number of carbonyl (C=O) groups is 1. The van der Waals surface area contributed by atoms with Crippen molar-refractivity contribution in [1.82, 2.24) is 10.2 Å². The topological polar surface area (TPSA) is 44.8 Å². The second-order valence-corrected chi connectivity index (χ2v) is 8.81. The van der Waals surface area contributed by atoms with Gasteiger partial charge in [0.15, 0.2) is 0 Å². The molecule has 160 valence electrons. The zero-order valence-electron chi connectivity index (χ0n) is 17.2. The number of carbonyl (C=O) groups excluding carboxylic acids is 1. The van der Waals surface area contributed by atoms with Crippen molar-refractivity contribution in [3.8, 4) is 0 Å². The van der Waals surface area contributed by atoms with Crippen LogP contribution in [-0.4, -0.2) is 56.2 Å². The summed E-state index contributed by atoms with van der Waals surface area (Å²) in [6.45, 7) is 7.79. The number of amides is 1. The molecule has 2 aromatic carbocycles. The first-order valence-corrected chi connectivity index (χ1v) is 11.2. The molecule has 0 aliphatic carbocycles. The van der Waals surface area contributed by atoms with Crippen LogP contribution in [0.3, 0.4) is 0 Å². The van der Waals surface area contributed by atoms with Gasteiger partial charge >= 0.3 is 0 Å². The van der Waals surface area contributed by atoms with Crippen molar-refractivity contribution < 1.29 is 9.53 Å². The summed E-state index contributed by atoms with van der Waals surface area (Å²) in [6.07, 6.45) is 0.870. The van der Waals surface area contributed by atoms with Crippen LogP contribution in [0.1, 0.15) is 28.4 Å². The average molecular weight is 448 g/mol. The standard InChI is InChI=1S/C23H27Cl2N3O2/c1-16(14-26-23(29)18-2-3-19-15-30-11-6-17(19)12-18)27-7-9-28(10-8-27)22-5-4-20(24)13-21(22)25/h2-5,12-13,16H,6-11,14-15H2,1H3,(H,26,29). The van der Waals surface area contributed by atoms with E-state index < -0.39 is 0 Å². The summed E-state index contributed by atoms with van der Waals surface area (Å²) >= 11 is 12.4. The van der Waals surface area contributed by atoms with Crippen LogP contribution in [0.5, 0.6) is 0 Å². The van der Waals surface area contributed by atoms with Gasteiger partial charge in [-0.15, -0.1) is 0 Å². The Morgan fingerprint density at radius 2 is 1.90 bits per heavy atom. The molecule has 7 heteroatoms. The lowest BCUT2D eigenvalue weighted by atomic mass is 10.00. The molecule has 0 spiro atoms. The van der Waals surface area contributed by atoms with Gasteiger partial charge in [-0.1, -0.05) is 29.3 Å². The van der Waals surface area contributed by atoms with Gasteiger partial charge in [-0.3, -0.25) is 9.69 Å². The van der Waals surface area contributed by atoms with Gasteiger partial charge in [0.1, 0.15) is 0 Å². The van der Waals surface area contributed by atoms with E-state index in [1.807, 2.05) is 30.3 Å². The fraction of sp³-hybridized carbons (Fsp3) is 0.435. The molecule has 1 N–H and O–H groups in total. The SMILES string of the molecule is CC(CNC(=O)c1ccc2c(c1)CCOC2)N1CCN(c2ccc(Cl)cc2Cl)CC1. The zero-order chi connectivity index (χ0) is 21.1. The molecule has 0 bridgehead atoms. The number of nitrogens with zero attached hydrogens (tertiary/aromatic N) is 2. The molecular formula is C23H27Cl2N3O2. The van der Waals surface area contributed by atoms with Gasteiger partial charge in [0.05, 0.1) is 23.9 Å². The largest absolute Gasteiger partial charge is 0.376 e. The number of ether oxygens (including phenoxy) is 1. The lowest BCUT2D eigenvalue weighted by molar-refractivity contribution is 0.0932. The molecule has 1 atom stereocenters. The Hall–Kier alpha value is -1.79. The van der Waals surface area contributed by atoms with Crippen LogP contribution in [0.4, 0.5) is 5.69 Å². The second-order valence-electron chi connectivity index (χ2n) is 7.96. The number of rotatable bonds is 5. The van der Waals surface area contributed by atoms with Gasteiger partial charge in [0, 0.05) is 49.4 Å². The van der Waals surface area contributed by atoms with Gasteiger partial charge in [-0.05, 0) is 54.8 Å². The van der Waals surface area contributed by atoms with Crippen molar-refractivity contribution in [1.29, 1.82) is 0 Å². The number of anilines is 1. The first-order valence-electron chi connectivity index (χ1n) is 10.4. The van der Waals surface area contributed by atoms with Gasteiger partial charge in [-0.2, -0.15) is 0 Å². The molecule has 2 aliphatic rings. The smallest absolute Gasteiger partial charge is 0.251 e. The summed E-state index contributed by atoms with van der Waals surface area (Å²) < 4.78 is 5.47. The van der Waals surface area contributed by atoms with Crippen molar-refractivity contribution in [2.45, 2.75) is 26.0 Å². The third-order valence-electron chi connectivity index (χ3n) is 5.99. The highest BCUT2D eigenvalue weighted by Crippen LogP contribution is 2.29. The molecule has 1 unspecified atom stereocenters. The molecule has 30 heavy (non-hydrogen) atoms. The fourth-order valence-electron chi connectivity index (χ4n) is 4.12. The first kappa shape index (κ1) is 21.4. The number of hydrogen-bond acceptors (Lipinski definition) is 4. The minimum absolute atomic E-state index is 0.0114. The number of hydrogen-bond donors (Lipinski definition) is 1. The Bertz CT molecular complexity index is 913. The molecule has 1 saturated heterocycles. The van der Waals surface area contributed by atoms with Crippen LogP contribution in [0, 0.1) is 0 Å². The molecule has 0 aromatic heterocycles. The molecule has 5 nitrogen and oxygen atoms in total. The molecule has 1 amide bonds. The Morgan fingerprint density at radius 1 is 1.10 bits per heavy atom. The maximum Gasteiger partial charge on any atom is 0.251 e. The Morgan fingerprint density at radius 3 is 2.67 bits per heavy atom. The lowest BCUT2D eigenvalue weighted by Gasteiger charge is -2.39. The van der Waals surface area contributed by atoms with E-state index in [-0.39, 0.29) is 11.9 Å². The van der Waals surface area contributed by atoms with E-state index in [0.29, 0.717) is 23.2 Å². The van der Waals surface area contributed by atoms with E-state index in [1.54, 1.807) is 6.07 Å². The molecule has 2 aliphatic heterocycles. The highest BCUT2D eigenvalue weighted by molar-refractivity contribution is 6.36. The van der Waals surface area contributed by atoms with Gasteiger partial charge < -0.3 is 15.0 Å². The maximum absolute atomic E-state index is 12.6. The van der Waals surface area contributed by atoms with Crippen LogP contribution in [-0.2, 0) is 17.8 Å². The van der Waals surface area contributed by atoms with Crippen LogP contribution in [0.15, 0.2) is 36.4 Å². The Balaban J connectivity index is 1.28. The number of benzene rings is 2. The van der Waals surface area contributed by atoms with E-state index in [2.05, 4.69) is 22.0 Å². The maximum atomic E-state index is 12.6. The second kappa shape index (κ2) is 9.56. The fourth-order valence-corrected chi connectivity index (χ4v) is 4.65. The van der Waals surface area contributed by atoms with Crippen molar-refractivity contribution >= 4 is 34.8 Å². The van der Waals surface area contributed by atoms with Crippen LogP contribution < -0.4 is 10.2 Å².